The van der Waals surface area contributed by atoms with E-state index in [9.17, 15) is 23.2 Å². The van der Waals surface area contributed by atoms with Crippen molar-refractivity contribution in [2.75, 3.05) is 27.2 Å². The highest BCUT2D eigenvalue weighted by Crippen LogP contribution is 2.39. The molecular weight excluding hydrogens is 510 g/mol. The Morgan fingerprint density at radius 1 is 1.18 bits per heavy atom. The fourth-order valence-corrected chi connectivity index (χ4v) is 4.67. The Hall–Kier alpha value is -3.76. The number of benzene rings is 1. The summed E-state index contributed by atoms with van der Waals surface area (Å²) in [5.41, 5.74) is 1.59. The van der Waals surface area contributed by atoms with E-state index < -0.39 is 12.7 Å². The number of carbonyl (C=O) groups excluding carboxylic acids is 3. The largest absolute Gasteiger partial charge is 0.489 e. The van der Waals surface area contributed by atoms with Crippen LogP contribution in [0.5, 0.6) is 11.5 Å². The molecule has 2 atom stereocenters. The molecular formula is C28H34F2N4O5. The summed E-state index contributed by atoms with van der Waals surface area (Å²) in [6.07, 6.45) is 4.19. The number of hydrogen-bond acceptors (Lipinski definition) is 6. The number of aromatic nitrogens is 1. The van der Waals surface area contributed by atoms with Gasteiger partial charge in [0.2, 0.25) is 11.8 Å². The van der Waals surface area contributed by atoms with Crippen molar-refractivity contribution in [1.29, 1.82) is 0 Å². The summed E-state index contributed by atoms with van der Waals surface area (Å²) in [6.45, 7) is -0.440. The molecule has 1 aromatic heterocycles. The minimum Gasteiger partial charge on any atom is -0.489 e. The first-order valence-electron chi connectivity index (χ1n) is 13.1. The molecule has 1 aliphatic heterocycles. The van der Waals surface area contributed by atoms with Crippen LogP contribution in [-0.2, 0) is 16.1 Å². The molecule has 1 saturated heterocycles. The first-order chi connectivity index (χ1) is 18.7. The Labute approximate surface area is 226 Å². The fourth-order valence-electron chi connectivity index (χ4n) is 4.67. The zero-order valence-electron chi connectivity index (χ0n) is 22.4. The van der Waals surface area contributed by atoms with Crippen LogP contribution in [0.1, 0.15) is 60.1 Å². The van der Waals surface area contributed by atoms with E-state index in [4.69, 9.17) is 4.74 Å². The van der Waals surface area contributed by atoms with E-state index in [1.807, 2.05) is 0 Å². The summed E-state index contributed by atoms with van der Waals surface area (Å²) in [6, 6.07) is 7.50. The normalized spacial score (nSPS) is 18.7. The number of ether oxygens (including phenoxy) is 2. The molecule has 0 bridgehead atoms. The van der Waals surface area contributed by atoms with Crippen molar-refractivity contribution < 1.29 is 32.6 Å². The molecule has 2 aromatic rings. The third-order valence-corrected chi connectivity index (χ3v) is 7.01. The third-order valence-electron chi connectivity index (χ3n) is 7.01. The molecule has 210 valence electrons. The highest BCUT2D eigenvalue weighted by molar-refractivity contribution is 5.93. The molecule has 11 heteroatoms. The maximum Gasteiger partial charge on any atom is 0.387 e. The molecule has 1 N–H and O–H groups in total. The predicted molar refractivity (Wildman–Crippen MR) is 139 cm³/mol. The molecule has 2 heterocycles. The van der Waals surface area contributed by atoms with E-state index in [2.05, 4.69) is 15.0 Å². The first-order valence-corrected chi connectivity index (χ1v) is 13.1. The SMILES string of the molecule is CCC(=O)N1CC(c2ccc(OC(F)F)c(OCC3CC3)c2)C[C@@H]1C(=O)NCc1cccnc1C(=O)N(C)C. The Morgan fingerprint density at radius 3 is 2.62 bits per heavy atom. The van der Waals surface area contributed by atoms with Crippen LogP contribution in [0.15, 0.2) is 36.5 Å². The Bertz CT molecular complexity index is 1200. The number of pyridine rings is 1. The van der Waals surface area contributed by atoms with E-state index in [0.29, 0.717) is 31.1 Å². The molecule has 2 fully saturated rings. The van der Waals surface area contributed by atoms with E-state index in [-0.39, 0.29) is 53.8 Å². The lowest BCUT2D eigenvalue weighted by atomic mass is 9.95. The maximum atomic E-state index is 13.3. The predicted octanol–water partition coefficient (Wildman–Crippen LogP) is 3.58. The van der Waals surface area contributed by atoms with Gasteiger partial charge >= 0.3 is 6.61 Å². The molecule has 4 rings (SSSR count). The lowest BCUT2D eigenvalue weighted by Gasteiger charge is -2.23. The van der Waals surface area contributed by atoms with E-state index >= 15 is 0 Å². The summed E-state index contributed by atoms with van der Waals surface area (Å²) < 4.78 is 36.3. The molecule has 1 unspecified atom stereocenters. The van der Waals surface area contributed by atoms with Gasteiger partial charge in [-0.2, -0.15) is 8.78 Å². The molecule has 1 saturated carbocycles. The molecule has 2 aliphatic rings. The van der Waals surface area contributed by atoms with Gasteiger partial charge in [0.15, 0.2) is 11.5 Å². The summed E-state index contributed by atoms with van der Waals surface area (Å²) in [5, 5.41) is 2.87. The average molecular weight is 545 g/mol. The van der Waals surface area contributed by atoms with Gasteiger partial charge < -0.3 is 24.6 Å². The summed E-state index contributed by atoms with van der Waals surface area (Å²) >= 11 is 0. The number of nitrogens with one attached hydrogen (secondary N) is 1. The number of rotatable bonds is 11. The minimum absolute atomic E-state index is 0.0391. The summed E-state index contributed by atoms with van der Waals surface area (Å²) in [7, 11) is 3.25. The van der Waals surface area contributed by atoms with Gasteiger partial charge in [0.1, 0.15) is 11.7 Å². The van der Waals surface area contributed by atoms with Crippen molar-refractivity contribution in [2.45, 2.75) is 57.7 Å². The number of likely N-dealkylation sites (tertiary alicyclic amines) is 1. The highest BCUT2D eigenvalue weighted by atomic mass is 19.3. The van der Waals surface area contributed by atoms with Crippen LogP contribution in [0.2, 0.25) is 0 Å². The smallest absolute Gasteiger partial charge is 0.387 e. The zero-order chi connectivity index (χ0) is 28.1. The van der Waals surface area contributed by atoms with Crippen LogP contribution in [0.4, 0.5) is 8.78 Å². The van der Waals surface area contributed by atoms with Crippen molar-refractivity contribution in [1.82, 2.24) is 20.1 Å². The van der Waals surface area contributed by atoms with Gasteiger partial charge in [-0.05, 0) is 48.9 Å². The average Bonchev–Trinajstić information content (AvgIpc) is 3.65. The van der Waals surface area contributed by atoms with Gasteiger partial charge in [-0.3, -0.25) is 19.4 Å². The van der Waals surface area contributed by atoms with Gasteiger partial charge in [0, 0.05) is 51.3 Å². The van der Waals surface area contributed by atoms with Gasteiger partial charge in [-0.25, -0.2) is 0 Å². The number of nitrogens with zero attached hydrogens (tertiary/aromatic N) is 3. The Balaban J connectivity index is 1.50. The monoisotopic (exact) mass is 544 g/mol. The first kappa shape index (κ1) is 28.3. The van der Waals surface area contributed by atoms with Crippen LogP contribution < -0.4 is 14.8 Å². The zero-order valence-corrected chi connectivity index (χ0v) is 22.4. The molecule has 1 aromatic carbocycles. The molecule has 0 spiro atoms. The van der Waals surface area contributed by atoms with Crippen molar-refractivity contribution in [2.24, 2.45) is 5.92 Å². The Morgan fingerprint density at radius 2 is 1.95 bits per heavy atom. The van der Waals surface area contributed by atoms with Crippen molar-refractivity contribution in [3.8, 4) is 11.5 Å². The van der Waals surface area contributed by atoms with Crippen molar-refractivity contribution in [3.05, 3.63) is 53.3 Å². The van der Waals surface area contributed by atoms with Crippen molar-refractivity contribution in [3.63, 3.8) is 0 Å². The summed E-state index contributed by atoms with van der Waals surface area (Å²) in [4.78, 5) is 45.7. The second kappa shape index (κ2) is 12.4. The number of alkyl halides is 2. The van der Waals surface area contributed by atoms with Gasteiger partial charge in [-0.15, -0.1) is 0 Å². The second-order valence-electron chi connectivity index (χ2n) is 10.1. The minimum atomic E-state index is -2.98. The standard InChI is InChI=1S/C28H34F2N4O5/c1-4-24(35)34-15-20(18-9-10-22(39-28(29)30)23(13-18)38-16-17-7-8-17)12-21(34)26(36)32-14-19-6-5-11-31-25(19)27(37)33(2)3/h5-6,9-11,13,17,20-21,28H,4,7-8,12,14-16H2,1-3H3,(H,32,36)/t20?,21-/m1/s1. The quantitative estimate of drug-likeness (QED) is 0.464. The van der Waals surface area contributed by atoms with Crippen LogP contribution in [0.3, 0.4) is 0 Å². The van der Waals surface area contributed by atoms with Crippen LogP contribution in [0.25, 0.3) is 0 Å². The van der Waals surface area contributed by atoms with Crippen LogP contribution in [0, 0.1) is 5.92 Å². The molecule has 39 heavy (non-hydrogen) atoms. The topological polar surface area (TPSA) is 101 Å². The van der Waals surface area contributed by atoms with E-state index in [1.165, 1.54) is 17.2 Å². The third kappa shape index (κ3) is 7.01. The number of amides is 3. The maximum absolute atomic E-state index is 13.3. The molecule has 0 radical (unpaired) electrons. The van der Waals surface area contributed by atoms with Gasteiger partial charge in [-0.1, -0.05) is 19.1 Å². The van der Waals surface area contributed by atoms with E-state index in [1.54, 1.807) is 50.2 Å². The molecule has 9 nitrogen and oxygen atoms in total. The molecule has 3 amide bonds. The number of halogens is 2. The molecule has 1 aliphatic carbocycles. The highest BCUT2D eigenvalue weighted by Gasteiger charge is 2.40. The fraction of sp³-hybridized carbons (Fsp3) is 0.500. The van der Waals surface area contributed by atoms with Crippen LogP contribution >= 0.6 is 0 Å². The second-order valence-corrected chi connectivity index (χ2v) is 10.1. The van der Waals surface area contributed by atoms with Gasteiger partial charge in [0.05, 0.1) is 6.61 Å². The van der Waals surface area contributed by atoms with E-state index in [0.717, 1.165) is 18.4 Å². The van der Waals surface area contributed by atoms with Crippen molar-refractivity contribution >= 4 is 17.7 Å². The number of hydrogen-bond donors (Lipinski definition) is 1. The lowest BCUT2D eigenvalue weighted by molar-refractivity contribution is -0.138. The Kier molecular flexibility index (Phi) is 8.98. The summed E-state index contributed by atoms with van der Waals surface area (Å²) in [5.74, 6) is -0.372. The van der Waals surface area contributed by atoms with Gasteiger partial charge in [0.25, 0.3) is 5.91 Å². The van der Waals surface area contributed by atoms with Crippen LogP contribution in [-0.4, -0.2) is 72.4 Å². The number of carbonyl (C=O) groups is 3. The lowest BCUT2D eigenvalue weighted by Crippen LogP contribution is -2.45.